The van der Waals surface area contributed by atoms with Gasteiger partial charge in [-0.3, -0.25) is 0 Å². The van der Waals surface area contributed by atoms with Crippen LogP contribution in [0.3, 0.4) is 0 Å². The monoisotopic (exact) mass is 372 g/mol. The molecule has 0 radical (unpaired) electrons. The molecule has 2 N–H and O–H groups in total. The molecule has 1 unspecified atom stereocenters. The Labute approximate surface area is 153 Å². The zero-order valence-electron chi connectivity index (χ0n) is 14.4. The van der Waals surface area contributed by atoms with Gasteiger partial charge in [-0.05, 0) is 66.8 Å². The molecule has 2 aromatic rings. The lowest BCUT2D eigenvalue weighted by Crippen LogP contribution is -2.42. The fourth-order valence-corrected chi connectivity index (χ4v) is 4.34. The maximum absolute atomic E-state index is 12.5. The second kappa shape index (κ2) is 7.08. The van der Waals surface area contributed by atoms with Crippen LogP contribution in [0.2, 0.25) is 0 Å². The van der Waals surface area contributed by atoms with Crippen LogP contribution in [0.1, 0.15) is 29.5 Å². The number of nitriles is 1. The number of fused-ring (bicyclic) bond motifs is 1. The molecule has 0 bridgehead atoms. The van der Waals surface area contributed by atoms with Crippen LogP contribution in [0.25, 0.3) is 0 Å². The van der Waals surface area contributed by atoms with Crippen LogP contribution in [0.15, 0.2) is 47.4 Å². The van der Waals surface area contributed by atoms with Crippen LogP contribution >= 0.6 is 0 Å². The summed E-state index contributed by atoms with van der Waals surface area (Å²) in [6, 6.07) is 13.1. The minimum atomic E-state index is -3.78. The van der Waals surface area contributed by atoms with Gasteiger partial charge in [-0.2, -0.15) is 5.26 Å². The predicted octanol–water partition coefficient (Wildman–Crippen LogP) is 2.07. The summed E-state index contributed by atoms with van der Waals surface area (Å²) in [5.74, 6) is 0.714. The molecule has 0 aromatic heterocycles. The molecule has 7 heteroatoms. The molecular formula is C19H20N2O4S. The van der Waals surface area contributed by atoms with Gasteiger partial charge in [0.15, 0.2) is 0 Å². The molecular weight excluding hydrogens is 352 g/mol. The first-order chi connectivity index (χ1) is 12.4. The first kappa shape index (κ1) is 18.4. The number of methoxy groups -OCH3 is 1. The van der Waals surface area contributed by atoms with E-state index in [1.54, 1.807) is 19.2 Å². The average molecular weight is 372 g/mol. The van der Waals surface area contributed by atoms with Crippen molar-refractivity contribution in [2.75, 3.05) is 13.7 Å². The largest absolute Gasteiger partial charge is 0.497 e. The van der Waals surface area contributed by atoms with Gasteiger partial charge in [-0.25, -0.2) is 13.1 Å². The predicted molar refractivity (Wildman–Crippen MR) is 96.2 cm³/mol. The van der Waals surface area contributed by atoms with E-state index in [9.17, 15) is 13.5 Å². The van der Waals surface area contributed by atoms with Crippen molar-refractivity contribution in [3.63, 3.8) is 0 Å². The lowest BCUT2D eigenvalue weighted by Gasteiger charge is -2.34. The van der Waals surface area contributed by atoms with Crippen LogP contribution in [0.5, 0.6) is 5.75 Å². The van der Waals surface area contributed by atoms with Crippen LogP contribution < -0.4 is 9.46 Å². The van der Waals surface area contributed by atoms with Gasteiger partial charge >= 0.3 is 0 Å². The van der Waals surface area contributed by atoms with Crippen LogP contribution in [-0.2, 0) is 22.0 Å². The molecule has 0 amide bonds. The van der Waals surface area contributed by atoms with E-state index in [4.69, 9.17) is 10.00 Å². The van der Waals surface area contributed by atoms with E-state index in [1.807, 2.05) is 12.1 Å². The topological polar surface area (TPSA) is 99.4 Å². The number of hydrogen-bond acceptors (Lipinski definition) is 5. The Morgan fingerprint density at radius 2 is 2.00 bits per heavy atom. The first-order valence-electron chi connectivity index (χ1n) is 8.27. The van der Waals surface area contributed by atoms with Gasteiger partial charge in [0.05, 0.1) is 23.6 Å². The Bertz CT molecular complexity index is 948. The SMILES string of the molecule is COc1ccc2c(c1)CCCC2(O)CNS(=O)(=O)c1ccc(C#N)cc1. The maximum Gasteiger partial charge on any atom is 0.240 e. The Morgan fingerprint density at radius 1 is 1.27 bits per heavy atom. The van der Waals surface area contributed by atoms with Gasteiger partial charge in [0.25, 0.3) is 0 Å². The van der Waals surface area contributed by atoms with Crippen molar-refractivity contribution in [3.05, 3.63) is 59.2 Å². The molecule has 0 heterocycles. The van der Waals surface area contributed by atoms with E-state index in [0.717, 1.165) is 24.0 Å². The average Bonchev–Trinajstić information content (AvgIpc) is 2.66. The number of aliphatic hydroxyl groups is 1. The number of hydrogen-bond donors (Lipinski definition) is 2. The smallest absolute Gasteiger partial charge is 0.240 e. The molecule has 0 fully saturated rings. The quantitative estimate of drug-likeness (QED) is 0.837. The number of nitrogens with one attached hydrogen (secondary N) is 1. The lowest BCUT2D eigenvalue weighted by molar-refractivity contribution is 0.0242. The number of sulfonamides is 1. The van der Waals surface area contributed by atoms with Gasteiger partial charge in [-0.1, -0.05) is 6.07 Å². The molecule has 2 aromatic carbocycles. The van der Waals surface area contributed by atoms with E-state index < -0.39 is 15.6 Å². The van der Waals surface area contributed by atoms with E-state index >= 15 is 0 Å². The minimum absolute atomic E-state index is 0.0610. The standard InChI is InChI=1S/C19H20N2O4S/c1-25-16-6-9-18-15(11-16)3-2-10-19(18,22)13-21-26(23,24)17-7-4-14(12-20)5-8-17/h4-9,11,21-22H,2-3,10,13H2,1H3. The molecule has 1 atom stereocenters. The van der Waals surface area contributed by atoms with Crippen molar-refractivity contribution in [1.29, 1.82) is 5.26 Å². The van der Waals surface area contributed by atoms with Crippen molar-refractivity contribution in [2.45, 2.75) is 29.8 Å². The summed E-state index contributed by atoms with van der Waals surface area (Å²) < 4.78 is 32.7. The highest BCUT2D eigenvalue weighted by molar-refractivity contribution is 7.89. The van der Waals surface area contributed by atoms with Gasteiger partial charge in [-0.15, -0.1) is 0 Å². The Morgan fingerprint density at radius 3 is 2.65 bits per heavy atom. The molecule has 26 heavy (non-hydrogen) atoms. The molecule has 0 saturated carbocycles. The maximum atomic E-state index is 12.5. The third kappa shape index (κ3) is 3.58. The minimum Gasteiger partial charge on any atom is -0.497 e. The molecule has 0 aliphatic heterocycles. The third-order valence-electron chi connectivity index (χ3n) is 4.70. The molecule has 3 rings (SSSR count). The number of benzene rings is 2. The van der Waals surface area contributed by atoms with Crippen molar-refractivity contribution in [1.82, 2.24) is 4.72 Å². The van der Waals surface area contributed by atoms with Gasteiger partial charge in [0.2, 0.25) is 10.0 Å². The number of nitrogens with zero attached hydrogens (tertiary/aromatic N) is 1. The number of aryl methyl sites for hydroxylation is 1. The van der Waals surface area contributed by atoms with Crippen molar-refractivity contribution in [3.8, 4) is 11.8 Å². The fraction of sp³-hybridized carbons (Fsp3) is 0.316. The number of rotatable bonds is 5. The highest BCUT2D eigenvalue weighted by Gasteiger charge is 2.35. The van der Waals surface area contributed by atoms with Gasteiger partial charge in [0, 0.05) is 6.54 Å². The summed E-state index contributed by atoms with van der Waals surface area (Å²) in [7, 11) is -2.20. The van der Waals surface area contributed by atoms with Crippen LogP contribution in [0, 0.1) is 11.3 Å². The lowest BCUT2D eigenvalue weighted by atomic mass is 9.79. The molecule has 1 aliphatic rings. The van der Waals surface area contributed by atoms with Crippen LogP contribution in [0.4, 0.5) is 0 Å². The summed E-state index contributed by atoms with van der Waals surface area (Å²) in [5.41, 5.74) is 0.819. The fourth-order valence-electron chi connectivity index (χ4n) is 3.25. The molecule has 0 spiro atoms. The van der Waals surface area contributed by atoms with Crippen molar-refractivity contribution < 1.29 is 18.3 Å². The van der Waals surface area contributed by atoms with Crippen molar-refractivity contribution in [2.24, 2.45) is 0 Å². The first-order valence-corrected chi connectivity index (χ1v) is 9.76. The summed E-state index contributed by atoms with van der Waals surface area (Å²) in [5, 5.41) is 19.9. The Balaban J connectivity index is 1.82. The molecule has 0 saturated heterocycles. The zero-order chi connectivity index (χ0) is 18.8. The zero-order valence-corrected chi connectivity index (χ0v) is 15.2. The Hall–Kier alpha value is -2.40. The van der Waals surface area contributed by atoms with E-state index in [2.05, 4.69) is 4.72 Å². The summed E-state index contributed by atoms with van der Waals surface area (Å²) >= 11 is 0. The molecule has 1 aliphatic carbocycles. The molecule has 136 valence electrons. The summed E-state index contributed by atoms with van der Waals surface area (Å²) in [6.45, 7) is -0.116. The normalized spacial score (nSPS) is 19.4. The second-order valence-corrected chi connectivity index (χ2v) is 8.14. The Kier molecular flexibility index (Phi) is 5.01. The van der Waals surface area contributed by atoms with Crippen LogP contribution in [-0.4, -0.2) is 27.2 Å². The van der Waals surface area contributed by atoms with E-state index in [0.29, 0.717) is 17.7 Å². The summed E-state index contributed by atoms with van der Waals surface area (Å²) in [4.78, 5) is 0.0610. The number of ether oxygens (including phenoxy) is 1. The highest BCUT2D eigenvalue weighted by Crippen LogP contribution is 2.36. The van der Waals surface area contributed by atoms with Gasteiger partial charge in [0.1, 0.15) is 11.4 Å². The van der Waals surface area contributed by atoms with Crippen molar-refractivity contribution >= 4 is 10.0 Å². The van der Waals surface area contributed by atoms with Gasteiger partial charge < -0.3 is 9.84 Å². The third-order valence-corrected chi connectivity index (χ3v) is 6.12. The van der Waals surface area contributed by atoms with E-state index in [1.165, 1.54) is 24.3 Å². The summed E-state index contributed by atoms with van der Waals surface area (Å²) in [6.07, 6.45) is 2.05. The second-order valence-electron chi connectivity index (χ2n) is 6.37. The molecule has 6 nitrogen and oxygen atoms in total. The van der Waals surface area contributed by atoms with E-state index in [-0.39, 0.29) is 11.4 Å². The highest BCUT2D eigenvalue weighted by atomic mass is 32.2.